The van der Waals surface area contributed by atoms with E-state index in [9.17, 15) is 45.6 Å². The average Bonchev–Trinajstić information content (AvgIpc) is 3.46. The fraction of sp³-hybridized carbons (Fsp3) is 0.742. The highest BCUT2D eigenvalue weighted by Gasteiger charge is 2.51. The largest absolute Gasteiger partial charge is 0.394 e. The fourth-order valence-electron chi connectivity index (χ4n) is 9.78. The molecule has 0 spiro atoms. The van der Waals surface area contributed by atoms with Gasteiger partial charge in [-0.25, -0.2) is 0 Å². The van der Waals surface area contributed by atoms with Crippen molar-refractivity contribution in [1.29, 1.82) is 0 Å². The van der Waals surface area contributed by atoms with Crippen molar-refractivity contribution in [2.45, 2.75) is 293 Å². The lowest BCUT2D eigenvalue weighted by molar-refractivity contribution is -0.359. The maximum Gasteiger partial charge on any atom is 0.220 e. The van der Waals surface area contributed by atoms with Gasteiger partial charge < -0.3 is 65.1 Å². The summed E-state index contributed by atoms with van der Waals surface area (Å²) in [5, 5.41) is 87.3. The number of carbonyl (C=O) groups is 1. The molecule has 0 aromatic heterocycles. The number of unbranched alkanes of at least 4 members (excludes halogenated alkanes) is 20. The van der Waals surface area contributed by atoms with E-state index in [2.05, 4.69) is 116 Å². The molecule has 2 aliphatic heterocycles. The molecule has 460 valence electrons. The number of hydrogen-bond acceptors (Lipinski definition) is 13. The lowest BCUT2D eigenvalue weighted by Gasteiger charge is -2.46. The summed E-state index contributed by atoms with van der Waals surface area (Å²) in [7, 11) is 0. The summed E-state index contributed by atoms with van der Waals surface area (Å²) in [5.41, 5.74) is 0. The number of rotatable bonds is 49. The molecule has 2 heterocycles. The minimum atomic E-state index is -1.79. The number of aliphatic hydroxyl groups is 8. The second-order valence-corrected chi connectivity index (χ2v) is 21.8. The van der Waals surface area contributed by atoms with Gasteiger partial charge in [0.2, 0.25) is 5.91 Å². The molecule has 2 saturated heterocycles. The van der Waals surface area contributed by atoms with Gasteiger partial charge in [0.15, 0.2) is 12.6 Å². The Morgan fingerprint density at radius 2 is 0.863 bits per heavy atom. The van der Waals surface area contributed by atoms with E-state index in [1.54, 1.807) is 0 Å². The summed E-state index contributed by atoms with van der Waals surface area (Å²) in [5.74, 6) is -0.225. The van der Waals surface area contributed by atoms with Gasteiger partial charge in [0.05, 0.1) is 32.0 Å². The Labute approximate surface area is 483 Å². The average molecular weight is 1130 g/mol. The molecule has 2 fully saturated rings. The van der Waals surface area contributed by atoms with Gasteiger partial charge >= 0.3 is 0 Å². The van der Waals surface area contributed by atoms with E-state index in [1.807, 2.05) is 0 Å². The van der Waals surface area contributed by atoms with Crippen LogP contribution in [0.25, 0.3) is 0 Å². The van der Waals surface area contributed by atoms with E-state index < -0.39 is 86.8 Å². The normalized spacial score (nSPS) is 24.9. The maximum absolute atomic E-state index is 13.3. The van der Waals surface area contributed by atoms with Crippen molar-refractivity contribution in [1.82, 2.24) is 5.32 Å². The summed E-state index contributed by atoms with van der Waals surface area (Å²) in [6.45, 7) is 2.73. The molecule has 0 aromatic rings. The molecule has 14 heteroatoms. The smallest absolute Gasteiger partial charge is 0.220 e. The molecule has 2 rings (SSSR count). The third-order valence-corrected chi connectivity index (χ3v) is 14.8. The SMILES string of the molecule is CC/C=C\C/C=C\C/C=C\C/C=C\C/C=C\C/C=C\C/C=C\C/C=C\CCCCCCCCC(=O)NC(COC1OC(CO)C(OC2OC(CO)C(O)C(O)C2O)C(O)C1O)C(O)CCCCCCCCCCCCCCCCC. The number of ether oxygens (including phenoxy) is 4. The zero-order valence-corrected chi connectivity index (χ0v) is 49.5. The first-order valence-corrected chi connectivity index (χ1v) is 31.5. The number of allylic oxidation sites excluding steroid dienone is 16. The first-order valence-electron chi connectivity index (χ1n) is 31.5. The third-order valence-electron chi connectivity index (χ3n) is 14.8. The Morgan fingerprint density at radius 3 is 1.32 bits per heavy atom. The van der Waals surface area contributed by atoms with Crippen molar-refractivity contribution in [3.8, 4) is 0 Å². The van der Waals surface area contributed by atoms with Crippen LogP contribution in [0.3, 0.4) is 0 Å². The van der Waals surface area contributed by atoms with Crippen LogP contribution in [0.4, 0.5) is 0 Å². The third kappa shape index (κ3) is 35.1. The van der Waals surface area contributed by atoms with E-state index in [4.69, 9.17) is 18.9 Å². The highest BCUT2D eigenvalue weighted by Crippen LogP contribution is 2.30. The summed E-state index contributed by atoms with van der Waals surface area (Å²) in [6.07, 6.45) is 52.6. The molecule has 12 atom stereocenters. The Balaban J connectivity index is 1.71. The second-order valence-electron chi connectivity index (χ2n) is 21.8. The zero-order valence-electron chi connectivity index (χ0n) is 49.5. The highest BCUT2D eigenvalue weighted by molar-refractivity contribution is 5.76. The summed E-state index contributed by atoms with van der Waals surface area (Å²) >= 11 is 0. The van der Waals surface area contributed by atoms with Gasteiger partial charge in [-0.3, -0.25) is 4.79 Å². The molecule has 0 aromatic carbocycles. The summed E-state index contributed by atoms with van der Waals surface area (Å²) < 4.78 is 22.8. The molecule has 1 amide bonds. The predicted molar refractivity (Wildman–Crippen MR) is 323 cm³/mol. The quantitative estimate of drug-likeness (QED) is 0.0204. The van der Waals surface area contributed by atoms with E-state index in [0.29, 0.717) is 12.8 Å². The number of nitrogens with one attached hydrogen (secondary N) is 1. The molecule has 0 radical (unpaired) electrons. The number of carbonyl (C=O) groups excluding carboxylic acids is 1. The molecule has 0 saturated carbocycles. The summed E-state index contributed by atoms with van der Waals surface area (Å²) in [4.78, 5) is 13.3. The molecule has 80 heavy (non-hydrogen) atoms. The van der Waals surface area contributed by atoms with Crippen molar-refractivity contribution in [2.75, 3.05) is 19.8 Å². The van der Waals surface area contributed by atoms with Crippen molar-refractivity contribution in [2.24, 2.45) is 0 Å². The Kier molecular flexibility index (Phi) is 46.0. The van der Waals surface area contributed by atoms with E-state index in [0.717, 1.165) is 116 Å². The Bertz CT molecular complexity index is 1710. The molecular formula is C66H113NO13. The lowest BCUT2D eigenvalue weighted by atomic mass is 9.97. The number of amides is 1. The van der Waals surface area contributed by atoms with Gasteiger partial charge in [0.25, 0.3) is 0 Å². The molecule has 0 bridgehead atoms. The van der Waals surface area contributed by atoms with Crippen LogP contribution in [-0.2, 0) is 23.7 Å². The topological polar surface area (TPSA) is 228 Å². The fourth-order valence-corrected chi connectivity index (χ4v) is 9.78. The van der Waals surface area contributed by atoms with Gasteiger partial charge in [-0.2, -0.15) is 0 Å². The molecule has 12 unspecified atom stereocenters. The van der Waals surface area contributed by atoms with Gasteiger partial charge in [0.1, 0.15) is 48.8 Å². The predicted octanol–water partition coefficient (Wildman–Crippen LogP) is 11.4. The van der Waals surface area contributed by atoms with Crippen molar-refractivity contribution < 1.29 is 64.6 Å². The minimum Gasteiger partial charge on any atom is -0.394 e. The minimum absolute atomic E-state index is 0.225. The lowest BCUT2D eigenvalue weighted by Crippen LogP contribution is -2.65. The standard InChI is InChI=1S/C66H113NO13/c1-3-5-7-9-11-13-15-17-19-20-21-22-23-24-25-26-27-28-29-30-31-32-33-34-36-38-40-42-44-46-48-50-58(71)67-54(55(70)49-47-45-43-41-39-37-35-18-16-14-12-10-8-6-4-2)53-77-65-63(76)61(74)64(57(52-69)79-65)80-66-62(75)60(73)59(72)56(51-68)78-66/h5,7,11,13,17,19,21-22,24-25,27-28,30-31,33-34,54-57,59-66,68-70,72-76H,3-4,6,8-10,12,14-16,18,20,23,26,29,32,35-53H2,1-2H3,(H,67,71)/b7-5-,13-11-,19-17-,22-21-,25-24-,28-27-,31-30-,34-33-. The Morgan fingerprint density at radius 1 is 0.463 bits per heavy atom. The van der Waals surface area contributed by atoms with Crippen LogP contribution in [0, 0.1) is 0 Å². The van der Waals surface area contributed by atoms with Crippen LogP contribution >= 0.6 is 0 Å². The van der Waals surface area contributed by atoms with Gasteiger partial charge in [-0.15, -0.1) is 0 Å². The maximum atomic E-state index is 13.3. The molecule has 9 N–H and O–H groups in total. The highest BCUT2D eigenvalue weighted by atomic mass is 16.7. The molecule has 2 aliphatic rings. The van der Waals surface area contributed by atoms with Crippen molar-refractivity contribution in [3.05, 3.63) is 97.2 Å². The Hall–Kier alpha value is -3.09. The van der Waals surface area contributed by atoms with E-state index in [-0.39, 0.29) is 18.9 Å². The second kappa shape index (κ2) is 50.4. The monoisotopic (exact) mass is 1130 g/mol. The van der Waals surface area contributed by atoms with E-state index >= 15 is 0 Å². The van der Waals surface area contributed by atoms with Crippen LogP contribution in [0.2, 0.25) is 0 Å². The number of aliphatic hydroxyl groups excluding tert-OH is 8. The van der Waals surface area contributed by atoms with Crippen molar-refractivity contribution in [3.63, 3.8) is 0 Å². The van der Waals surface area contributed by atoms with E-state index in [1.165, 1.54) is 70.6 Å². The first kappa shape index (κ1) is 73.0. The van der Waals surface area contributed by atoms with Crippen LogP contribution < -0.4 is 5.32 Å². The van der Waals surface area contributed by atoms with Crippen LogP contribution in [0.1, 0.15) is 219 Å². The number of hydrogen-bond donors (Lipinski definition) is 9. The molecule has 0 aliphatic carbocycles. The van der Waals surface area contributed by atoms with Crippen LogP contribution in [0.5, 0.6) is 0 Å². The zero-order chi connectivity index (χ0) is 58.1. The van der Waals surface area contributed by atoms with Crippen molar-refractivity contribution >= 4 is 5.91 Å². The van der Waals surface area contributed by atoms with Gasteiger partial charge in [-0.1, -0.05) is 233 Å². The molecular weight excluding hydrogens is 1010 g/mol. The van der Waals surface area contributed by atoms with Crippen LogP contribution in [0.15, 0.2) is 97.2 Å². The van der Waals surface area contributed by atoms with Gasteiger partial charge in [-0.05, 0) is 77.0 Å². The van der Waals surface area contributed by atoms with Crippen LogP contribution in [-0.4, -0.2) is 140 Å². The summed E-state index contributed by atoms with van der Waals surface area (Å²) in [6, 6.07) is -0.844. The molecule has 14 nitrogen and oxygen atoms in total. The van der Waals surface area contributed by atoms with Gasteiger partial charge in [0, 0.05) is 6.42 Å². The first-order chi connectivity index (χ1) is 39.1.